The number of hydrogen-bond acceptors (Lipinski definition) is 5. The van der Waals surface area contributed by atoms with E-state index in [0.29, 0.717) is 36.2 Å². The molecule has 2 aliphatic heterocycles. The monoisotopic (exact) mass is 435 g/mol. The van der Waals surface area contributed by atoms with Crippen LogP contribution in [0.3, 0.4) is 0 Å². The summed E-state index contributed by atoms with van der Waals surface area (Å²) < 4.78 is 0. The van der Waals surface area contributed by atoms with Crippen LogP contribution in [0, 0.1) is 5.92 Å². The molecular weight excluding hydrogens is 402 g/mol. The van der Waals surface area contributed by atoms with E-state index in [0.717, 1.165) is 44.6 Å². The third-order valence-electron chi connectivity index (χ3n) is 6.55. The van der Waals surface area contributed by atoms with Gasteiger partial charge in [-0.1, -0.05) is 6.07 Å². The lowest BCUT2D eigenvalue weighted by atomic mass is 9.92. The summed E-state index contributed by atoms with van der Waals surface area (Å²) in [5, 5.41) is 0. The van der Waals surface area contributed by atoms with Crippen LogP contribution in [0.4, 0.5) is 0 Å². The number of piperidine rings is 2. The topological polar surface area (TPSA) is 69.6 Å². The van der Waals surface area contributed by atoms with E-state index in [9.17, 15) is 9.59 Å². The first-order valence-corrected chi connectivity index (χ1v) is 11.6. The van der Waals surface area contributed by atoms with Crippen molar-refractivity contribution in [2.75, 3.05) is 46.8 Å². The standard InChI is InChI=1S/C25H33N5O2/c1-28(2)17-19-6-5-13-30(18-19)24(31)21-8-9-22(27-16-21)20-10-14-29(15-11-20)25(32)23-7-3-4-12-26-23/h3-4,7-9,12,16,19-20H,5-6,10-11,13-15,17-18H2,1-2H3. The van der Waals surface area contributed by atoms with E-state index in [1.165, 1.54) is 6.42 Å². The SMILES string of the molecule is CN(C)CC1CCCN(C(=O)c2ccc(C3CCN(C(=O)c4ccccn4)CC3)nc2)C1. The highest BCUT2D eigenvalue weighted by Crippen LogP contribution is 2.28. The number of aromatic nitrogens is 2. The molecule has 0 aromatic carbocycles. The van der Waals surface area contributed by atoms with Crippen LogP contribution in [0.1, 0.15) is 58.1 Å². The van der Waals surface area contributed by atoms with Crippen LogP contribution in [-0.2, 0) is 0 Å². The van der Waals surface area contributed by atoms with Gasteiger partial charge in [0.05, 0.1) is 5.56 Å². The fourth-order valence-electron chi connectivity index (χ4n) is 4.90. The van der Waals surface area contributed by atoms with Crippen LogP contribution in [0.15, 0.2) is 42.7 Å². The third kappa shape index (κ3) is 5.33. The minimum atomic E-state index is -0.00736. The minimum Gasteiger partial charge on any atom is -0.338 e. The fraction of sp³-hybridized carbons (Fsp3) is 0.520. The third-order valence-corrected chi connectivity index (χ3v) is 6.55. The lowest BCUT2D eigenvalue weighted by Gasteiger charge is -2.34. The highest BCUT2D eigenvalue weighted by Gasteiger charge is 2.27. The van der Waals surface area contributed by atoms with Crippen LogP contribution < -0.4 is 0 Å². The Balaban J connectivity index is 1.32. The quantitative estimate of drug-likeness (QED) is 0.722. The summed E-state index contributed by atoms with van der Waals surface area (Å²) >= 11 is 0. The molecule has 2 amide bonds. The highest BCUT2D eigenvalue weighted by atomic mass is 16.2. The van der Waals surface area contributed by atoms with Gasteiger partial charge in [-0.25, -0.2) is 0 Å². The summed E-state index contributed by atoms with van der Waals surface area (Å²) in [7, 11) is 4.17. The molecule has 32 heavy (non-hydrogen) atoms. The molecule has 0 saturated carbocycles. The van der Waals surface area contributed by atoms with Crippen LogP contribution in [0.2, 0.25) is 0 Å². The van der Waals surface area contributed by atoms with E-state index in [4.69, 9.17) is 0 Å². The zero-order valence-electron chi connectivity index (χ0n) is 19.1. The minimum absolute atomic E-state index is 0.00736. The molecule has 2 fully saturated rings. The number of carbonyl (C=O) groups excluding carboxylic acids is 2. The van der Waals surface area contributed by atoms with Crippen molar-refractivity contribution in [1.82, 2.24) is 24.7 Å². The van der Waals surface area contributed by atoms with Gasteiger partial charge in [0.1, 0.15) is 5.69 Å². The highest BCUT2D eigenvalue weighted by molar-refractivity contribution is 5.94. The molecule has 2 saturated heterocycles. The molecular formula is C25H33N5O2. The van der Waals surface area contributed by atoms with E-state index in [2.05, 4.69) is 29.0 Å². The molecule has 7 heteroatoms. The average molecular weight is 436 g/mol. The molecule has 0 bridgehead atoms. The summed E-state index contributed by atoms with van der Waals surface area (Å²) in [5.41, 5.74) is 2.18. The maximum absolute atomic E-state index is 13.0. The number of pyridine rings is 2. The van der Waals surface area contributed by atoms with Crippen LogP contribution in [0.5, 0.6) is 0 Å². The second-order valence-corrected chi connectivity index (χ2v) is 9.27. The van der Waals surface area contributed by atoms with Gasteiger partial charge in [0.15, 0.2) is 0 Å². The normalized spacial score (nSPS) is 19.9. The molecule has 0 aliphatic carbocycles. The predicted molar refractivity (Wildman–Crippen MR) is 124 cm³/mol. The maximum Gasteiger partial charge on any atom is 0.272 e. The summed E-state index contributed by atoms with van der Waals surface area (Å²) in [6.07, 6.45) is 7.37. The Morgan fingerprint density at radius 1 is 0.969 bits per heavy atom. The molecule has 1 unspecified atom stereocenters. The summed E-state index contributed by atoms with van der Waals surface area (Å²) in [5.74, 6) is 0.927. The first kappa shape index (κ1) is 22.4. The van der Waals surface area contributed by atoms with E-state index < -0.39 is 0 Å². The smallest absolute Gasteiger partial charge is 0.272 e. The van der Waals surface area contributed by atoms with Crippen molar-refractivity contribution in [2.24, 2.45) is 5.92 Å². The fourth-order valence-corrected chi connectivity index (χ4v) is 4.90. The molecule has 0 radical (unpaired) electrons. The Kier molecular flexibility index (Phi) is 7.15. The second kappa shape index (κ2) is 10.2. The predicted octanol–water partition coefficient (Wildman–Crippen LogP) is 2.91. The molecule has 1 atom stereocenters. The number of rotatable bonds is 5. The Bertz CT molecular complexity index is 908. The van der Waals surface area contributed by atoms with Gasteiger partial charge < -0.3 is 14.7 Å². The summed E-state index contributed by atoms with van der Waals surface area (Å²) in [6.45, 7) is 4.06. The van der Waals surface area contributed by atoms with Crippen LogP contribution >= 0.6 is 0 Å². The Morgan fingerprint density at radius 3 is 2.44 bits per heavy atom. The van der Waals surface area contributed by atoms with E-state index in [1.807, 2.05) is 34.1 Å². The lowest BCUT2D eigenvalue weighted by molar-refractivity contribution is 0.0653. The molecule has 2 aromatic rings. The van der Waals surface area contributed by atoms with Gasteiger partial charge in [-0.2, -0.15) is 0 Å². The number of carbonyl (C=O) groups is 2. The van der Waals surface area contributed by atoms with E-state index in [-0.39, 0.29) is 11.8 Å². The maximum atomic E-state index is 13.0. The largest absolute Gasteiger partial charge is 0.338 e. The van der Waals surface area contributed by atoms with Gasteiger partial charge >= 0.3 is 0 Å². The van der Waals surface area contributed by atoms with Crippen molar-refractivity contribution in [1.29, 1.82) is 0 Å². The van der Waals surface area contributed by atoms with Crippen molar-refractivity contribution >= 4 is 11.8 Å². The van der Waals surface area contributed by atoms with Crippen molar-refractivity contribution < 1.29 is 9.59 Å². The summed E-state index contributed by atoms with van der Waals surface area (Å²) in [4.78, 5) is 40.5. The first-order valence-electron chi connectivity index (χ1n) is 11.6. The number of likely N-dealkylation sites (tertiary alicyclic amines) is 2. The molecule has 7 nitrogen and oxygen atoms in total. The van der Waals surface area contributed by atoms with Gasteiger partial charge in [-0.05, 0) is 70.0 Å². The Hall–Kier alpha value is -2.80. The van der Waals surface area contributed by atoms with Crippen LogP contribution in [-0.4, -0.2) is 83.3 Å². The lowest BCUT2D eigenvalue weighted by Crippen LogP contribution is -2.42. The van der Waals surface area contributed by atoms with Crippen molar-refractivity contribution in [3.05, 3.63) is 59.7 Å². The zero-order chi connectivity index (χ0) is 22.5. The molecule has 4 rings (SSSR count). The van der Waals surface area contributed by atoms with Gasteiger partial charge in [0.25, 0.3) is 11.8 Å². The van der Waals surface area contributed by atoms with E-state index in [1.54, 1.807) is 18.5 Å². The van der Waals surface area contributed by atoms with Crippen LogP contribution in [0.25, 0.3) is 0 Å². The Labute approximate surface area is 190 Å². The first-order chi connectivity index (χ1) is 15.5. The van der Waals surface area contributed by atoms with E-state index >= 15 is 0 Å². The van der Waals surface area contributed by atoms with Gasteiger partial charge in [0.2, 0.25) is 0 Å². The number of nitrogens with zero attached hydrogens (tertiary/aromatic N) is 5. The van der Waals surface area contributed by atoms with Gasteiger partial charge in [0, 0.05) is 56.7 Å². The average Bonchev–Trinajstić information content (AvgIpc) is 2.84. The number of amides is 2. The summed E-state index contributed by atoms with van der Waals surface area (Å²) in [6, 6.07) is 9.33. The molecule has 170 valence electrons. The van der Waals surface area contributed by atoms with Gasteiger partial charge in [-0.15, -0.1) is 0 Å². The molecule has 0 N–H and O–H groups in total. The van der Waals surface area contributed by atoms with Crippen molar-refractivity contribution in [2.45, 2.75) is 31.6 Å². The molecule has 4 heterocycles. The van der Waals surface area contributed by atoms with Crippen molar-refractivity contribution in [3.63, 3.8) is 0 Å². The number of hydrogen-bond donors (Lipinski definition) is 0. The molecule has 0 spiro atoms. The molecule has 2 aliphatic rings. The molecule has 2 aromatic heterocycles. The van der Waals surface area contributed by atoms with Gasteiger partial charge in [-0.3, -0.25) is 19.6 Å². The Morgan fingerprint density at radius 2 is 1.78 bits per heavy atom. The zero-order valence-corrected chi connectivity index (χ0v) is 19.1. The van der Waals surface area contributed by atoms with Crippen molar-refractivity contribution in [3.8, 4) is 0 Å². The second-order valence-electron chi connectivity index (χ2n) is 9.27.